The van der Waals surface area contributed by atoms with Gasteiger partial charge >= 0.3 is 5.97 Å². The van der Waals surface area contributed by atoms with Crippen LogP contribution in [0, 0.1) is 0 Å². The maximum atomic E-state index is 12.3. The van der Waals surface area contributed by atoms with E-state index in [9.17, 15) is 14.4 Å². The van der Waals surface area contributed by atoms with Crippen molar-refractivity contribution in [2.24, 2.45) is 0 Å². The average Bonchev–Trinajstić information content (AvgIpc) is 2.88. The maximum absolute atomic E-state index is 12.3. The van der Waals surface area contributed by atoms with E-state index in [1.54, 1.807) is 25.1 Å². The summed E-state index contributed by atoms with van der Waals surface area (Å²) >= 11 is 7.13. The van der Waals surface area contributed by atoms with Gasteiger partial charge in [-0.1, -0.05) is 18.5 Å². The number of amides is 2. The highest BCUT2D eigenvalue weighted by molar-refractivity contribution is 8.18. The first-order valence-electron chi connectivity index (χ1n) is 8.32. The first kappa shape index (κ1) is 21.1. The Balaban J connectivity index is 2.24. The third kappa shape index (κ3) is 5.17. The number of hydrogen-bond acceptors (Lipinski definition) is 7. The Labute approximate surface area is 166 Å². The summed E-state index contributed by atoms with van der Waals surface area (Å²) in [6.45, 7) is 3.92. The monoisotopic (exact) mass is 413 g/mol. The number of imide groups is 1. The molecule has 0 aliphatic carbocycles. The van der Waals surface area contributed by atoms with Crippen LogP contribution in [0.5, 0.6) is 11.5 Å². The third-order valence-electron chi connectivity index (χ3n) is 3.51. The van der Waals surface area contributed by atoms with Crippen LogP contribution in [0.3, 0.4) is 0 Å². The van der Waals surface area contributed by atoms with Crippen LogP contribution in [0.4, 0.5) is 4.79 Å². The molecule has 0 spiro atoms. The molecule has 1 aromatic carbocycles. The minimum atomic E-state index is -0.524. The standard InChI is InChI=1S/C18H20ClNO6S/c1-4-6-20-17(22)14(27-18(20)23)9-11-7-12(19)16(13(8-11)24-3)26-10-15(21)25-5-2/h7-9H,4-6,10H2,1-3H3/b14-9+. The van der Waals surface area contributed by atoms with Crippen molar-refractivity contribution in [2.45, 2.75) is 20.3 Å². The number of rotatable bonds is 8. The largest absolute Gasteiger partial charge is 0.493 e. The van der Waals surface area contributed by atoms with Gasteiger partial charge in [0.15, 0.2) is 18.1 Å². The van der Waals surface area contributed by atoms with Gasteiger partial charge in [0.05, 0.1) is 23.6 Å². The summed E-state index contributed by atoms with van der Waals surface area (Å²) in [6, 6.07) is 3.18. The van der Waals surface area contributed by atoms with Crippen LogP contribution in [-0.2, 0) is 14.3 Å². The zero-order chi connectivity index (χ0) is 20.0. The maximum Gasteiger partial charge on any atom is 0.344 e. The second-order valence-corrected chi connectivity index (χ2v) is 6.86. The fourth-order valence-corrected chi connectivity index (χ4v) is 3.50. The van der Waals surface area contributed by atoms with E-state index in [-0.39, 0.29) is 35.1 Å². The predicted octanol–water partition coefficient (Wildman–Crippen LogP) is 3.74. The van der Waals surface area contributed by atoms with Crippen LogP contribution in [0.2, 0.25) is 5.02 Å². The van der Waals surface area contributed by atoms with Crippen molar-refractivity contribution < 1.29 is 28.6 Å². The van der Waals surface area contributed by atoms with Crippen molar-refractivity contribution in [3.63, 3.8) is 0 Å². The number of esters is 1. The lowest BCUT2D eigenvalue weighted by atomic mass is 10.1. The summed E-state index contributed by atoms with van der Waals surface area (Å²) in [5.41, 5.74) is 0.572. The Hall–Kier alpha value is -2.19. The fraction of sp³-hybridized carbons (Fsp3) is 0.389. The molecule has 1 saturated heterocycles. The molecule has 27 heavy (non-hydrogen) atoms. The second kappa shape index (κ2) is 9.66. The molecule has 0 unspecified atom stereocenters. The molecular formula is C18H20ClNO6S. The Morgan fingerprint density at radius 1 is 1.30 bits per heavy atom. The number of halogens is 1. The molecule has 0 saturated carbocycles. The third-order valence-corrected chi connectivity index (χ3v) is 4.70. The van der Waals surface area contributed by atoms with Crippen molar-refractivity contribution in [1.82, 2.24) is 4.90 Å². The number of nitrogens with zero attached hydrogens (tertiary/aromatic N) is 1. The van der Waals surface area contributed by atoms with Gasteiger partial charge in [-0.25, -0.2) is 4.79 Å². The molecule has 1 aromatic rings. The summed E-state index contributed by atoms with van der Waals surface area (Å²) < 4.78 is 15.5. The SMILES string of the molecule is CCCN1C(=O)S/C(=C/c2cc(Cl)c(OCC(=O)OCC)c(OC)c2)C1=O. The number of carbonyl (C=O) groups excluding carboxylic acids is 3. The molecule has 0 bridgehead atoms. The van der Waals surface area contributed by atoms with Gasteiger partial charge in [0, 0.05) is 6.54 Å². The first-order chi connectivity index (χ1) is 12.9. The minimum absolute atomic E-state index is 0.198. The molecule has 0 radical (unpaired) electrons. The Morgan fingerprint density at radius 3 is 2.67 bits per heavy atom. The van der Waals surface area contributed by atoms with Crippen molar-refractivity contribution in [1.29, 1.82) is 0 Å². The minimum Gasteiger partial charge on any atom is -0.493 e. The van der Waals surface area contributed by atoms with E-state index in [0.29, 0.717) is 29.2 Å². The predicted molar refractivity (Wildman–Crippen MR) is 103 cm³/mol. The van der Waals surface area contributed by atoms with Crippen LogP contribution in [-0.4, -0.2) is 48.9 Å². The molecular weight excluding hydrogens is 394 g/mol. The van der Waals surface area contributed by atoms with E-state index in [1.807, 2.05) is 6.92 Å². The van der Waals surface area contributed by atoms with Crippen LogP contribution in [0.1, 0.15) is 25.8 Å². The van der Waals surface area contributed by atoms with Crippen molar-refractivity contribution in [3.05, 3.63) is 27.6 Å². The highest BCUT2D eigenvalue weighted by Gasteiger charge is 2.34. The van der Waals surface area contributed by atoms with Gasteiger partial charge in [-0.2, -0.15) is 0 Å². The Kier molecular flexibility index (Phi) is 7.55. The van der Waals surface area contributed by atoms with Crippen LogP contribution in [0.25, 0.3) is 6.08 Å². The van der Waals surface area contributed by atoms with E-state index < -0.39 is 5.97 Å². The summed E-state index contributed by atoms with van der Waals surface area (Å²) in [5, 5.41) is -0.0850. The molecule has 146 valence electrons. The van der Waals surface area contributed by atoms with E-state index in [2.05, 4.69) is 0 Å². The normalized spacial score (nSPS) is 15.4. The molecule has 0 N–H and O–H groups in total. The zero-order valence-corrected chi connectivity index (χ0v) is 16.8. The molecule has 1 heterocycles. The lowest BCUT2D eigenvalue weighted by molar-refractivity contribution is -0.145. The summed E-state index contributed by atoms with van der Waals surface area (Å²) in [6.07, 6.45) is 2.27. The lowest BCUT2D eigenvalue weighted by Crippen LogP contribution is -2.28. The number of benzene rings is 1. The van der Waals surface area contributed by atoms with Gasteiger partial charge in [0.2, 0.25) is 0 Å². The summed E-state index contributed by atoms with van der Waals surface area (Å²) in [4.78, 5) is 37.2. The number of hydrogen-bond donors (Lipinski definition) is 0. The van der Waals surface area contributed by atoms with Crippen molar-refractivity contribution >= 4 is 46.6 Å². The highest BCUT2D eigenvalue weighted by atomic mass is 35.5. The highest BCUT2D eigenvalue weighted by Crippen LogP contribution is 2.39. The van der Waals surface area contributed by atoms with E-state index in [1.165, 1.54) is 12.0 Å². The zero-order valence-electron chi connectivity index (χ0n) is 15.2. The van der Waals surface area contributed by atoms with Crippen LogP contribution in [0.15, 0.2) is 17.0 Å². The molecule has 0 aromatic heterocycles. The number of methoxy groups -OCH3 is 1. The summed E-state index contributed by atoms with van der Waals surface area (Å²) in [7, 11) is 1.43. The van der Waals surface area contributed by atoms with Crippen molar-refractivity contribution in [2.75, 3.05) is 26.9 Å². The first-order valence-corrected chi connectivity index (χ1v) is 9.52. The average molecular weight is 414 g/mol. The molecule has 1 aliphatic heterocycles. The molecule has 0 atom stereocenters. The van der Waals surface area contributed by atoms with Crippen LogP contribution >= 0.6 is 23.4 Å². The topological polar surface area (TPSA) is 82.1 Å². The smallest absolute Gasteiger partial charge is 0.344 e. The van der Waals surface area contributed by atoms with Crippen LogP contribution < -0.4 is 9.47 Å². The second-order valence-electron chi connectivity index (χ2n) is 5.46. The van der Waals surface area contributed by atoms with Gasteiger partial charge in [-0.05, 0) is 48.9 Å². The fourth-order valence-electron chi connectivity index (χ4n) is 2.36. The molecule has 1 fully saturated rings. The summed E-state index contributed by atoms with van der Waals surface area (Å²) in [5.74, 6) is -0.358. The molecule has 7 nitrogen and oxygen atoms in total. The van der Waals surface area contributed by atoms with Crippen molar-refractivity contribution in [3.8, 4) is 11.5 Å². The van der Waals surface area contributed by atoms with Gasteiger partial charge in [0.1, 0.15) is 0 Å². The molecule has 1 aliphatic rings. The Morgan fingerprint density at radius 2 is 2.04 bits per heavy atom. The lowest BCUT2D eigenvalue weighted by Gasteiger charge is -2.13. The molecule has 2 amide bonds. The van der Waals surface area contributed by atoms with E-state index in [4.69, 9.17) is 25.8 Å². The Bertz CT molecular complexity index is 779. The van der Waals surface area contributed by atoms with Gasteiger partial charge in [0.25, 0.3) is 11.1 Å². The van der Waals surface area contributed by atoms with Gasteiger partial charge in [-0.3, -0.25) is 14.5 Å². The molecule has 2 rings (SSSR count). The molecule has 9 heteroatoms. The quantitative estimate of drug-likeness (QED) is 0.474. The number of ether oxygens (including phenoxy) is 3. The van der Waals surface area contributed by atoms with Gasteiger partial charge in [-0.15, -0.1) is 0 Å². The van der Waals surface area contributed by atoms with E-state index >= 15 is 0 Å². The van der Waals surface area contributed by atoms with Gasteiger partial charge < -0.3 is 14.2 Å². The number of carbonyl (C=O) groups is 3. The number of thioether (sulfide) groups is 1. The van der Waals surface area contributed by atoms with E-state index in [0.717, 1.165) is 11.8 Å².